The highest BCUT2D eigenvalue weighted by Gasteiger charge is 2.88. The van der Waals surface area contributed by atoms with Gasteiger partial charge in [-0.15, -0.1) is 0 Å². The fourth-order valence-corrected chi connectivity index (χ4v) is 13.3. The molecular formula is C34H47NO8S. The molecule has 1 aromatic rings. The molecular weight excluding hydrogens is 582 g/mol. The molecule has 12 atom stereocenters. The maximum atomic E-state index is 14.2. The van der Waals surface area contributed by atoms with E-state index in [0.29, 0.717) is 44.3 Å². The molecule has 6 aliphatic rings. The predicted octanol–water partition coefficient (Wildman–Crippen LogP) is 3.33. The van der Waals surface area contributed by atoms with Crippen LogP contribution in [0.2, 0.25) is 0 Å². The summed E-state index contributed by atoms with van der Waals surface area (Å²) in [6.07, 6.45) is 3.96. The van der Waals surface area contributed by atoms with Crippen LogP contribution in [0.5, 0.6) is 0 Å². The zero-order chi connectivity index (χ0) is 31.4. The van der Waals surface area contributed by atoms with Crippen molar-refractivity contribution in [3.63, 3.8) is 0 Å². The van der Waals surface area contributed by atoms with Crippen molar-refractivity contribution in [2.24, 2.45) is 35.0 Å². The number of benzene rings is 1. The number of ether oxygens (including phenoxy) is 3. The van der Waals surface area contributed by atoms with Crippen molar-refractivity contribution in [1.82, 2.24) is 4.90 Å². The molecule has 6 fully saturated rings. The number of piperidine rings is 1. The number of fused-ring (bicyclic) bond motifs is 2. The molecule has 10 heteroatoms. The van der Waals surface area contributed by atoms with Crippen LogP contribution in [0.1, 0.15) is 68.8 Å². The fourth-order valence-electron chi connectivity index (χ4n) is 12.1. The normalized spacial score (nSPS) is 47.2. The van der Waals surface area contributed by atoms with E-state index in [4.69, 9.17) is 14.2 Å². The van der Waals surface area contributed by atoms with Crippen molar-refractivity contribution < 1.29 is 37.6 Å². The Kier molecular flexibility index (Phi) is 7.06. The van der Waals surface area contributed by atoms with Gasteiger partial charge in [0.25, 0.3) is 0 Å². The molecule has 0 radical (unpaired) electrons. The molecule has 9 nitrogen and oxygen atoms in total. The average Bonchev–Trinajstić information content (AvgIpc) is 3.41. The van der Waals surface area contributed by atoms with Gasteiger partial charge in [0.2, 0.25) is 0 Å². The van der Waals surface area contributed by atoms with E-state index in [2.05, 4.69) is 18.7 Å². The van der Waals surface area contributed by atoms with Gasteiger partial charge >= 0.3 is 5.97 Å². The molecule has 3 unspecified atom stereocenters. The van der Waals surface area contributed by atoms with Crippen LogP contribution in [0, 0.1) is 35.0 Å². The number of hydrogen-bond acceptors (Lipinski definition) is 9. The number of nitrogens with zero attached hydrogens (tertiary/aromatic N) is 1. The van der Waals surface area contributed by atoms with E-state index in [1.54, 1.807) is 45.4 Å². The largest absolute Gasteiger partial charge is 0.454 e. The molecule has 1 spiro atoms. The minimum Gasteiger partial charge on any atom is -0.454 e. The zero-order valence-corrected chi connectivity index (χ0v) is 27.3. The summed E-state index contributed by atoms with van der Waals surface area (Å²) in [6.45, 7) is 7.19. The lowest BCUT2D eigenvalue weighted by molar-refractivity contribution is -0.335. The summed E-state index contributed by atoms with van der Waals surface area (Å²) in [5.74, 6) is -1.16. The summed E-state index contributed by atoms with van der Waals surface area (Å²) in [4.78, 5) is 16.6. The van der Waals surface area contributed by atoms with Gasteiger partial charge in [0, 0.05) is 55.4 Å². The smallest absolute Gasteiger partial charge is 0.339 e. The summed E-state index contributed by atoms with van der Waals surface area (Å²) >= 11 is 0. The number of rotatable bonds is 8. The Hall–Kier alpha value is -1.82. The number of esters is 1. The molecule has 2 N–H and O–H groups in total. The minimum absolute atomic E-state index is 0.0235. The number of aliphatic hydroxyl groups is 2. The maximum Gasteiger partial charge on any atom is 0.339 e. The number of sulfone groups is 1. The van der Waals surface area contributed by atoms with Crippen LogP contribution in [-0.4, -0.2) is 91.9 Å². The van der Waals surface area contributed by atoms with Crippen LogP contribution < -0.4 is 0 Å². The van der Waals surface area contributed by atoms with Gasteiger partial charge in [-0.25, -0.2) is 13.2 Å². The van der Waals surface area contributed by atoms with Crippen LogP contribution in [0.25, 0.3) is 0 Å². The molecule has 5 aliphatic carbocycles. The molecule has 0 amide bonds. The molecule has 7 rings (SSSR count). The fraction of sp³-hybridized carbons (Fsp3) is 0.735. The van der Waals surface area contributed by atoms with E-state index in [0.717, 1.165) is 11.8 Å². The lowest BCUT2D eigenvalue weighted by Gasteiger charge is -2.70. The Morgan fingerprint density at radius 1 is 1.14 bits per heavy atom. The molecule has 1 saturated heterocycles. The Balaban J connectivity index is 1.35. The lowest BCUT2D eigenvalue weighted by Crippen LogP contribution is -2.83. The zero-order valence-electron chi connectivity index (χ0n) is 26.4. The van der Waals surface area contributed by atoms with Gasteiger partial charge in [0.05, 0.1) is 23.5 Å². The molecule has 242 valence electrons. The molecule has 7 bridgehead atoms. The van der Waals surface area contributed by atoms with Crippen molar-refractivity contribution in [3.05, 3.63) is 46.9 Å². The van der Waals surface area contributed by atoms with E-state index < -0.39 is 44.1 Å². The van der Waals surface area contributed by atoms with E-state index in [-0.39, 0.29) is 53.1 Å². The first-order chi connectivity index (χ1) is 20.9. The second kappa shape index (κ2) is 10.1. The van der Waals surface area contributed by atoms with Gasteiger partial charge in [-0.2, -0.15) is 0 Å². The third-order valence-electron chi connectivity index (χ3n) is 13.2. The van der Waals surface area contributed by atoms with Gasteiger partial charge < -0.3 is 24.4 Å². The lowest BCUT2D eigenvalue weighted by atomic mass is 9.43. The van der Waals surface area contributed by atoms with Crippen LogP contribution in [-0.2, 0) is 29.8 Å². The third kappa shape index (κ3) is 3.64. The number of hydrogen-bond donors (Lipinski definition) is 2. The Labute approximate surface area is 260 Å². The summed E-state index contributed by atoms with van der Waals surface area (Å²) in [6, 6.07) is 6.77. The van der Waals surface area contributed by atoms with Crippen LogP contribution in [0.15, 0.2) is 35.7 Å². The molecule has 1 aromatic carbocycles. The standard InChI is InChI=1S/C34H47NO8S/c1-6-14-44(39,40)18-21-10-8-9-11-22(21)30(36)43-31-13-12-27(41-4)33-25(31)16-24(28(33)35(7-2)19-31)32(37)17-20(3)23-15-26(33)34(32,38)29(23)42-5/h6,8-11,14,20,23-29,37-38H,7,12-13,15-19H2,1-5H3/b14-6+/t20-,23+,24?,25?,26?,27-,28+,29-,31+,32-,33-,34-/m0/s1. The van der Waals surface area contributed by atoms with Gasteiger partial charge in [0.15, 0.2) is 9.84 Å². The van der Waals surface area contributed by atoms with E-state index >= 15 is 0 Å². The van der Waals surface area contributed by atoms with Crippen molar-refractivity contribution in [3.8, 4) is 0 Å². The van der Waals surface area contributed by atoms with Crippen molar-refractivity contribution >= 4 is 15.8 Å². The molecule has 1 aliphatic heterocycles. The van der Waals surface area contributed by atoms with Gasteiger partial charge in [-0.1, -0.05) is 38.1 Å². The van der Waals surface area contributed by atoms with E-state index in [1.807, 2.05) is 0 Å². The minimum atomic E-state index is -3.56. The highest BCUT2D eigenvalue weighted by molar-refractivity contribution is 7.93. The second-order valence-electron chi connectivity index (χ2n) is 14.6. The highest BCUT2D eigenvalue weighted by Crippen LogP contribution is 2.79. The SMILES string of the molecule is C/C=C/S(=O)(=O)Cc1ccccc1C(=O)O[C@@]12CC[C@H](OC)[C@@]34C1CC([C@H]3N(CC)C2)[C@@]1(O)C[C@H](C)[C@H]2CC4[C@]1(O)[C@H]2OC. The first kappa shape index (κ1) is 30.8. The summed E-state index contributed by atoms with van der Waals surface area (Å²) < 4.78 is 44.6. The third-order valence-corrected chi connectivity index (χ3v) is 14.6. The second-order valence-corrected chi connectivity index (χ2v) is 16.5. The number of likely N-dealkylation sites (N-methyl/N-ethyl adjacent to an activating group) is 1. The van der Waals surface area contributed by atoms with Gasteiger partial charge in [-0.05, 0) is 69.0 Å². The van der Waals surface area contributed by atoms with Crippen molar-refractivity contribution in [1.29, 1.82) is 0 Å². The Morgan fingerprint density at radius 3 is 2.57 bits per heavy atom. The van der Waals surface area contributed by atoms with Gasteiger partial charge in [0.1, 0.15) is 16.8 Å². The number of methoxy groups -OCH3 is 2. The Morgan fingerprint density at radius 2 is 1.89 bits per heavy atom. The topological polar surface area (TPSA) is 123 Å². The molecule has 44 heavy (non-hydrogen) atoms. The number of carbonyl (C=O) groups excluding carboxylic acids is 1. The molecule has 0 aromatic heterocycles. The first-order valence-electron chi connectivity index (χ1n) is 16.3. The van der Waals surface area contributed by atoms with Crippen molar-refractivity contribution in [2.45, 2.75) is 93.7 Å². The van der Waals surface area contributed by atoms with E-state index in [9.17, 15) is 23.4 Å². The van der Waals surface area contributed by atoms with Crippen LogP contribution in [0.4, 0.5) is 0 Å². The number of likely N-dealkylation sites (tertiary alicyclic amines) is 1. The van der Waals surface area contributed by atoms with Crippen LogP contribution >= 0.6 is 0 Å². The van der Waals surface area contributed by atoms with E-state index in [1.165, 1.54) is 6.08 Å². The number of allylic oxidation sites excluding steroid dienone is 1. The number of carbonyl (C=O) groups is 1. The maximum absolute atomic E-state index is 14.2. The summed E-state index contributed by atoms with van der Waals surface area (Å²) in [5.41, 5.74) is -3.52. The molecule has 5 saturated carbocycles. The summed E-state index contributed by atoms with van der Waals surface area (Å²) in [5, 5.41) is 26.8. The molecule has 1 heterocycles. The predicted molar refractivity (Wildman–Crippen MR) is 163 cm³/mol. The summed E-state index contributed by atoms with van der Waals surface area (Å²) in [7, 11) is -0.156. The van der Waals surface area contributed by atoms with Crippen LogP contribution in [0.3, 0.4) is 0 Å². The Bertz CT molecular complexity index is 1480. The van der Waals surface area contributed by atoms with Crippen molar-refractivity contribution in [2.75, 3.05) is 27.3 Å². The first-order valence-corrected chi connectivity index (χ1v) is 18.0. The monoisotopic (exact) mass is 629 g/mol. The quantitative estimate of drug-likeness (QED) is 0.417. The highest BCUT2D eigenvalue weighted by atomic mass is 32.2. The average molecular weight is 630 g/mol. The van der Waals surface area contributed by atoms with Gasteiger partial charge in [-0.3, -0.25) is 4.90 Å².